The quantitative estimate of drug-likeness (QED) is 0.902. The van der Waals surface area contributed by atoms with Crippen LogP contribution in [0.25, 0.3) is 5.82 Å². The predicted molar refractivity (Wildman–Crippen MR) is 72.7 cm³/mol. The summed E-state index contributed by atoms with van der Waals surface area (Å²) in [5.41, 5.74) is 2.23. The highest BCUT2D eigenvalue weighted by Crippen LogP contribution is 2.12. The number of aromatic nitrogens is 3. The van der Waals surface area contributed by atoms with Gasteiger partial charge >= 0.3 is 0 Å². The van der Waals surface area contributed by atoms with Gasteiger partial charge in [-0.05, 0) is 39.8 Å². The highest BCUT2D eigenvalue weighted by Gasteiger charge is 2.12. The average Bonchev–Trinajstić information content (AvgIpc) is 2.72. The summed E-state index contributed by atoms with van der Waals surface area (Å²) >= 11 is 0. The molecule has 0 saturated carbocycles. The minimum Gasteiger partial charge on any atom is -0.308 e. The van der Waals surface area contributed by atoms with E-state index < -0.39 is 0 Å². The topological polar surface area (TPSA) is 42.7 Å². The summed E-state index contributed by atoms with van der Waals surface area (Å²) in [5, 5.41) is 7.89. The molecule has 0 fully saturated rings. The van der Waals surface area contributed by atoms with Crippen molar-refractivity contribution in [3.05, 3.63) is 41.9 Å². The summed E-state index contributed by atoms with van der Waals surface area (Å²) in [4.78, 5) is 4.42. The Kier molecular flexibility index (Phi) is 3.48. The lowest BCUT2D eigenvalue weighted by atomic mass is 10.1. The Bertz CT molecular complexity index is 523. The Morgan fingerprint density at radius 3 is 2.67 bits per heavy atom. The molecule has 0 bridgehead atoms. The van der Waals surface area contributed by atoms with Crippen LogP contribution in [0.2, 0.25) is 0 Å². The number of hydrogen-bond acceptors (Lipinski definition) is 3. The molecule has 18 heavy (non-hydrogen) atoms. The first-order valence-electron chi connectivity index (χ1n) is 6.17. The molecule has 0 atom stereocenters. The second-order valence-corrected chi connectivity index (χ2v) is 5.49. The van der Waals surface area contributed by atoms with Gasteiger partial charge in [0.25, 0.3) is 0 Å². The lowest BCUT2D eigenvalue weighted by Gasteiger charge is -2.21. The molecule has 2 aromatic heterocycles. The van der Waals surface area contributed by atoms with Crippen LogP contribution in [0.15, 0.2) is 30.6 Å². The van der Waals surface area contributed by atoms with E-state index >= 15 is 0 Å². The third kappa shape index (κ3) is 3.17. The SMILES string of the molecule is Cc1ccn(-c2ncccc2CNC(C)(C)C)n1. The summed E-state index contributed by atoms with van der Waals surface area (Å²) in [6, 6.07) is 6.02. The fourth-order valence-corrected chi connectivity index (χ4v) is 1.67. The third-order valence-corrected chi connectivity index (χ3v) is 2.62. The molecular weight excluding hydrogens is 224 g/mol. The molecule has 2 rings (SSSR count). The highest BCUT2D eigenvalue weighted by atomic mass is 15.3. The molecule has 0 radical (unpaired) electrons. The summed E-state index contributed by atoms with van der Waals surface area (Å²) in [5.74, 6) is 0.891. The van der Waals surface area contributed by atoms with Gasteiger partial charge in [0.1, 0.15) is 0 Å². The summed E-state index contributed by atoms with van der Waals surface area (Å²) in [6.07, 6.45) is 3.74. The van der Waals surface area contributed by atoms with Gasteiger partial charge in [-0.15, -0.1) is 0 Å². The van der Waals surface area contributed by atoms with E-state index in [2.05, 4.69) is 42.2 Å². The van der Waals surface area contributed by atoms with Crippen molar-refractivity contribution in [2.24, 2.45) is 0 Å². The first-order valence-corrected chi connectivity index (χ1v) is 6.17. The minimum absolute atomic E-state index is 0.0904. The third-order valence-electron chi connectivity index (χ3n) is 2.62. The zero-order chi connectivity index (χ0) is 13.2. The van der Waals surface area contributed by atoms with Crippen molar-refractivity contribution in [3.63, 3.8) is 0 Å². The van der Waals surface area contributed by atoms with E-state index in [1.165, 1.54) is 0 Å². The lowest BCUT2D eigenvalue weighted by molar-refractivity contribution is 0.423. The fraction of sp³-hybridized carbons (Fsp3) is 0.429. The van der Waals surface area contributed by atoms with E-state index in [4.69, 9.17) is 0 Å². The molecule has 0 amide bonds. The smallest absolute Gasteiger partial charge is 0.157 e. The van der Waals surface area contributed by atoms with Gasteiger partial charge in [0.2, 0.25) is 0 Å². The predicted octanol–water partition coefficient (Wildman–Crippen LogP) is 2.46. The highest BCUT2D eigenvalue weighted by molar-refractivity contribution is 5.33. The maximum atomic E-state index is 4.42. The standard InChI is InChI=1S/C14H20N4/c1-11-7-9-18(17-11)13-12(6-5-8-15-13)10-16-14(2,3)4/h5-9,16H,10H2,1-4H3. The van der Waals surface area contributed by atoms with Crippen LogP contribution in [0, 0.1) is 6.92 Å². The van der Waals surface area contributed by atoms with Gasteiger partial charge in [-0.3, -0.25) is 0 Å². The first kappa shape index (κ1) is 12.8. The molecule has 1 N–H and O–H groups in total. The van der Waals surface area contributed by atoms with Crippen LogP contribution in [0.1, 0.15) is 32.0 Å². The van der Waals surface area contributed by atoms with E-state index in [9.17, 15) is 0 Å². The molecule has 96 valence electrons. The number of nitrogens with one attached hydrogen (secondary N) is 1. The summed E-state index contributed by atoms with van der Waals surface area (Å²) < 4.78 is 1.83. The van der Waals surface area contributed by atoms with Crippen LogP contribution in [0.3, 0.4) is 0 Å². The van der Waals surface area contributed by atoms with Gasteiger partial charge in [0.15, 0.2) is 5.82 Å². The molecule has 0 aromatic carbocycles. The van der Waals surface area contributed by atoms with Crippen LogP contribution in [-0.4, -0.2) is 20.3 Å². The number of pyridine rings is 1. The van der Waals surface area contributed by atoms with Gasteiger partial charge in [-0.1, -0.05) is 6.07 Å². The van der Waals surface area contributed by atoms with Crippen LogP contribution in [0.4, 0.5) is 0 Å². The van der Waals surface area contributed by atoms with Crippen molar-refractivity contribution in [3.8, 4) is 5.82 Å². The first-order chi connectivity index (χ1) is 8.46. The molecule has 0 aliphatic carbocycles. The van der Waals surface area contributed by atoms with Crippen molar-refractivity contribution in [2.75, 3.05) is 0 Å². The summed E-state index contributed by atoms with van der Waals surface area (Å²) in [6.45, 7) is 9.22. The minimum atomic E-state index is 0.0904. The molecule has 0 saturated heterocycles. The molecule has 2 aromatic rings. The Labute approximate surface area is 108 Å². The Balaban J connectivity index is 2.26. The average molecular weight is 244 g/mol. The number of rotatable bonds is 3. The van der Waals surface area contributed by atoms with E-state index in [1.54, 1.807) is 6.20 Å². The van der Waals surface area contributed by atoms with E-state index in [0.717, 1.165) is 23.6 Å². The molecule has 0 unspecified atom stereocenters. The maximum Gasteiger partial charge on any atom is 0.157 e. The van der Waals surface area contributed by atoms with Crippen LogP contribution in [0.5, 0.6) is 0 Å². The number of hydrogen-bond donors (Lipinski definition) is 1. The Morgan fingerprint density at radius 2 is 2.06 bits per heavy atom. The van der Waals surface area contributed by atoms with Crippen molar-refractivity contribution >= 4 is 0 Å². The van der Waals surface area contributed by atoms with Crippen LogP contribution >= 0.6 is 0 Å². The normalized spacial score (nSPS) is 11.8. The van der Waals surface area contributed by atoms with E-state index in [-0.39, 0.29) is 5.54 Å². The van der Waals surface area contributed by atoms with E-state index in [1.807, 2.05) is 29.9 Å². The number of nitrogens with zero attached hydrogens (tertiary/aromatic N) is 3. The monoisotopic (exact) mass is 244 g/mol. The second-order valence-electron chi connectivity index (χ2n) is 5.49. The summed E-state index contributed by atoms with van der Waals surface area (Å²) in [7, 11) is 0. The molecular formula is C14H20N4. The van der Waals surface area contributed by atoms with Gasteiger partial charge in [0.05, 0.1) is 5.69 Å². The van der Waals surface area contributed by atoms with Crippen molar-refractivity contribution in [1.29, 1.82) is 0 Å². The Morgan fingerprint density at radius 1 is 1.28 bits per heavy atom. The lowest BCUT2D eigenvalue weighted by Crippen LogP contribution is -2.35. The van der Waals surface area contributed by atoms with Crippen LogP contribution < -0.4 is 5.32 Å². The number of aryl methyl sites for hydroxylation is 1. The van der Waals surface area contributed by atoms with Gasteiger partial charge in [-0.25, -0.2) is 9.67 Å². The zero-order valence-corrected chi connectivity index (χ0v) is 11.4. The molecule has 4 nitrogen and oxygen atoms in total. The molecule has 4 heteroatoms. The van der Waals surface area contributed by atoms with E-state index in [0.29, 0.717) is 0 Å². The zero-order valence-electron chi connectivity index (χ0n) is 11.4. The molecule has 2 heterocycles. The Hall–Kier alpha value is -1.68. The van der Waals surface area contributed by atoms with Crippen LogP contribution in [-0.2, 0) is 6.54 Å². The molecule has 0 aliphatic rings. The van der Waals surface area contributed by atoms with Crippen molar-refractivity contribution < 1.29 is 0 Å². The van der Waals surface area contributed by atoms with Crippen molar-refractivity contribution in [2.45, 2.75) is 39.8 Å². The largest absolute Gasteiger partial charge is 0.308 e. The van der Waals surface area contributed by atoms with Gasteiger partial charge in [0, 0.05) is 30.0 Å². The second kappa shape index (κ2) is 4.90. The fourth-order valence-electron chi connectivity index (χ4n) is 1.67. The van der Waals surface area contributed by atoms with Gasteiger partial charge in [-0.2, -0.15) is 5.10 Å². The molecule has 0 spiro atoms. The van der Waals surface area contributed by atoms with Crippen molar-refractivity contribution in [1.82, 2.24) is 20.1 Å². The molecule has 0 aliphatic heterocycles. The maximum absolute atomic E-state index is 4.42. The van der Waals surface area contributed by atoms with Gasteiger partial charge < -0.3 is 5.32 Å².